The van der Waals surface area contributed by atoms with Gasteiger partial charge in [0.05, 0.1) is 5.41 Å². The van der Waals surface area contributed by atoms with E-state index in [4.69, 9.17) is 11.6 Å². The molecule has 1 aliphatic rings. The Kier molecular flexibility index (Phi) is 4.88. The Morgan fingerprint density at radius 3 is 2.50 bits per heavy atom. The molecular weight excluding hydrogens is 350 g/mol. The lowest BCUT2D eigenvalue weighted by molar-refractivity contribution is -0.147. The molecule has 1 aromatic carbocycles. The van der Waals surface area contributed by atoms with Gasteiger partial charge in [0.15, 0.2) is 5.78 Å². The first-order valence-corrected chi connectivity index (χ1v) is 8.76. The van der Waals surface area contributed by atoms with Crippen molar-refractivity contribution in [1.29, 1.82) is 0 Å². The van der Waals surface area contributed by atoms with Crippen LogP contribution in [-0.2, 0) is 11.2 Å². The van der Waals surface area contributed by atoms with Gasteiger partial charge < -0.3 is 10.1 Å². The minimum absolute atomic E-state index is 0.193. The molecule has 0 spiro atoms. The average Bonchev–Trinajstić information content (AvgIpc) is 3.11. The molecule has 0 saturated carbocycles. The second kappa shape index (κ2) is 6.96. The molecular formula is C21H20ClNO3. The van der Waals surface area contributed by atoms with Crippen molar-refractivity contribution in [1.82, 2.24) is 4.98 Å². The molecule has 1 heterocycles. The summed E-state index contributed by atoms with van der Waals surface area (Å²) in [7, 11) is 0. The Labute approximate surface area is 157 Å². The number of aliphatic carboxylic acids is 1. The van der Waals surface area contributed by atoms with Gasteiger partial charge in [0.25, 0.3) is 0 Å². The highest BCUT2D eigenvalue weighted by atomic mass is 35.5. The Bertz CT molecular complexity index is 894. The second-order valence-corrected chi connectivity index (χ2v) is 7.27. The topological polar surface area (TPSA) is 70.2 Å². The maximum atomic E-state index is 12.9. The summed E-state index contributed by atoms with van der Waals surface area (Å²) in [4.78, 5) is 28.1. The van der Waals surface area contributed by atoms with Gasteiger partial charge >= 0.3 is 5.97 Å². The summed E-state index contributed by atoms with van der Waals surface area (Å²) in [5, 5.41) is 10.4. The third-order valence-electron chi connectivity index (χ3n) is 5.00. The molecule has 0 fully saturated rings. The van der Waals surface area contributed by atoms with Crippen LogP contribution in [0.2, 0.25) is 5.02 Å². The van der Waals surface area contributed by atoms with Gasteiger partial charge in [-0.3, -0.25) is 9.59 Å². The quantitative estimate of drug-likeness (QED) is 0.751. The first-order valence-electron chi connectivity index (χ1n) is 8.39. The van der Waals surface area contributed by atoms with E-state index in [1.54, 1.807) is 37.3 Å². The molecule has 0 bridgehead atoms. The summed E-state index contributed by atoms with van der Waals surface area (Å²) in [6.45, 7) is 3.52. The molecule has 2 aromatic rings. The first-order chi connectivity index (χ1) is 12.3. The van der Waals surface area contributed by atoms with E-state index in [0.717, 1.165) is 11.3 Å². The fraction of sp³-hybridized carbons (Fsp3) is 0.238. The number of hydrogen-bond acceptors (Lipinski definition) is 2. The summed E-state index contributed by atoms with van der Waals surface area (Å²) in [6, 6.07) is 10.4. The van der Waals surface area contributed by atoms with Gasteiger partial charge in [0, 0.05) is 34.0 Å². The molecule has 2 atom stereocenters. The zero-order chi connectivity index (χ0) is 18.9. The van der Waals surface area contributed by atoms with E-state index in [-0.39, 0.29) is 11.7 Å². The summed E-state index contributed by atoms with van der Waals surface area (Å²) in [5.74, 6) is -1.39. The predicted molar refractivity (Wildman–Crippen MR) is 101 cm³/mol. The van der Waals surface area contributed by atoms with E-state index < -0.39 is 11.4 Å². The number of hydrogen-bond donors (Lipinski definition) is 2. The van der Waals surface area contributed by atoms with Gasteiger partial charge in [-0.25, -0.2) is 0 Å². The van der Waals surface area contributed by atoms with Crippen LogP contribution in [0.1, 0.15) is 29.9 Å². The van der Waals surface area contributed by atoms with Crippen LogP contribution in [0.15, 0.2) is 65.9 Å². The largest absolute Gasteiger partial charge is 0.481 e. The van der Waals surface area contributed by atoms with Gasteiger partial charge in [-0.05, 0) is 62.2 Å². The SMILES string of the molecule is CC1=CC(Cc2ccc[nH]2)C(C)(C(=O)O)C=C1C(=O)c1ccc(Cl)cc1. The number of carboxylic acid groups (broad SMARTS) is 1. The molecule has 1 aromatic heterocycles. The number of ketones is 1. The number of halogens is 1. The first kappa shape index (κ1) is 18.2. The number of Topliss-reactive ketones (excluding diaryl/α,β-unsaturated/α-hetero) is 1. The highest BCUT2D eigenvalue weighted by molar-refractivity contribution is 6.30. The van der Waals surface area contributed by atoms with Crippen LogP contribution in [0, 0.1) is 11.3 Å². The Hall–Kier alpha value is -2.59. The number of aromatic nitrogens is 1. The molecule has 0 saturated heterocycles. The highest BCUT2D eigenvalue weighted by Crippen LogP contribution is 2.41. The Morgan fingerprint density at radius 2 is 1.92 bits per heavy atom. The van der Waals surface area contributed by atoms with Crippen molar-refractivity contribution in [3.63, 3.8) is 0 Å². The third kappa shape index (κ3) is 3.37. The van der Waals surface area contributed by atoms with Crippen LogP contribution in [0.5, 0.6) is 0 Å². The minimum atomic E-state index is -1.16. The van der Waals surface area contributed by atoms with Crippen molar-refractivity contribution in [2.75, 3.05) is 0 Å². The van der Waals surface area contributed by atoms with Gasteiger partial charge in [0.1, 0.15) is 0 Å². The lowest BCUT2D eigenvalue weighted by Gasteiger charge is -2.34. The van der Waals surface area contributed by atoms with E-state index in [1.165, 1.54) is 0 Å². The van der Waals surface area contributed by atoms with Crippen molar-refractivity contribution >= 4 is 23.4 Å². The molecule has 0 amide bonds. The van der Waals surface area contributed by atoms with Gasteiger partial charge in [-0.1, -0.05) is 23.8 Å². The average molecular weight is 370 g/mol. The minimum Gasteiger partial charge on any atom is -0.481 e. The Balaban J connectivity index is 1.98. The van der Waals surface area contributed by atoms with Crippen molar-refractivity contribution in [2.24, 2.45) is 11.3 Å². The third-order valence-corrected chi connectivity index (χ3v) is 5.26. The number of carboxylic acids is 1. The molecule has 4 nitrogen and oxygen atoms in total. The molecule has 0 aliphatic heterocycles. The van der Waals surface area contributed by atoms with Crippen LogP contribution in [0.4, 0.5) is 0 Å². The fourth-order valence-electron chi connectivity index (χ4n) is 3.31. The lowest BCUT2D eigenvalue weighted by atomic mass is 9.68. The number of H-pyrrole nitrogens is 1. The fourth-order valence-corrected chi connectivity index (χ4v) is 3.44. The van der Waals surface area contributed by atoms with Crippen LogP contribution >= 0.6 is 11.6 Å². The van der Waals surface area contributed by atoms with E-state index >= 15 is 0 Å². The van der Waals surface area contributed by atoms with E-state index in [9.17, 15) is 14.7 Å². The number of carbonyl (C=O) groups is 2. The molecule has 26 heavy (non-hydrogen) atoms. The van der Waals surface area contributed by atoms with Crippen LogP contribution in [0.25, 0.3) is 0 Å². The zero-order valence-corrected chi connectivity index (χ0v) is 15.4. The van der Waals surface area contributed by atoms with Crippen molar-refractivity contribution < 1.29 is 14.7 Å². The number of carbonyl (C=O) groups excluding carboxylic acids is 1. The van der Waals surface area contributed by atoms with Gasteiger partial charge in [-0.15, -0.1) is 0 Å². The summed E-state index contributed by atoms with van der Waals surface area (Å²) in [5.41, 5.74) is 1.51. The predicted octanol–water partition coefficient (Wildman–Crippen LogP) is 4.69. The molecule has 5 heteroatoms. The monoisotopic (exact) mass is 369 g/mol. The number of aromatic amines is 1. The molecule has 2 N–H and O–H groups in total. The summed E-state index contributed by atoms with van der Waals surface area (Å²) in [6.07, 6.45) is 5.89. The zero-order valence-electron chi connectivity index (χ0n) is 14.6. The standard InChI is InChI=1S/C21H20ClNO3/c1-13-10-15(11-17-4-3-9-23-17)21(2,20(25)26)12-18(13)19(24)14-5-7-16(22)8-6-14/h3-10,12,15,23H,11H2,1-2H3,(H,25,26). The maximum Gasteiger partial charge on any atom is 0.313 e. The number of rotatable bonds is 5. The van der Waals surface area contributed by atoms with Crippen LogP contribution in [0.3, 0.4) is 0 Å². The Morgan fingerprint density at radius 1 is 1.23 bits per heavy atom. The van der Waals surface area contributed by atoms with Gasteiger partial charge in [-0.2, -0.15) is 0 Å². The highest BCUT2D eigenvalue weighted by Gasteiger charge is 2.42. The maximum absolute atomic E-state index is 12.9. The van der Waals surface area contributed by atoms with Crippen molar-refractivity contribution in [3.8, 4) is 0 Å². The smallest absolute Gasteiger partial charge is 0.313 e. The van der Waals surface area contributed by atoms with E-state index in [1.807, 2.05) is 31.3 Å². The van der Waals surface area contributed by atoms with Crippen molar-refractivity contribution in [3.05, 3.63) is 82.2 Å². The second-order valence-electron chi connectivity index (χ2n) is 6.84. The van der Waals surface area contributed by atoms with Crippen molar-refractivity contribution in [2.45, 2.75) is 20.3 Å². The molecule has 2 unspecified atom stereocenters. The van der Waals surface area contributed by atoms with E-state index in [0.29, 0.717) is 22.6 Å². The number of allylic oxidation sites excluding steroid dienone is 3. The van der Waals surface area contributed by atoms with Crippen LogP contribution in [-0.4, -0.2) is 21.8 Å². The number of nitrogens with one attached hydrogen (secondary N) is 1. The summed E-state index contributed by atoms with van der Waals surface area (Å²) < 4.78 is 0. The lowest BCUT2D eigenvalue weighted by Crippen LogP contribution is -2.37. The molecule has 0 radical (unpaired) electrons. The molecule has 134 valence electrons. The van der Waals surface area contributed by atoms with E-state index in [2.05, 4.69) is 4.98 Å². The number of benzene rings is 1. The van der Waals surface area contributed by atoms with Gasteiger partial charge in [0.2, 0.25) is 0 Å². The normalized spacial score (nSPS) is 22.5. The molecule has 3 rings (SSSR count). The summed E-state index contributed by atoms with van der Waals surface area (Å²) >= 11 is 5.89. The molecule has 1 aliphatic carbocycles. The van der Waals surface area contributed by atoms with Crippen LogP contribution < -0.4 is 0 Å².